The topological polar surface area (TPSA) is 149 Å². The van der Waals surface area contributed by atoms with Gasteiger partial charge < -0.3 is 35.0 Å². The van der Waals surface area contributed by atoms with Gasteiger partial charge in [0.25, 0.3) is 0 Å². The first kappa shape index (κ1) is 15.4. The molecule has 0 radical (unpaired) electrons. The molecule has 9 nitrogen and oxygen atoms in total. The van der Waals surface area contributed by atoms with Gasteiger partial charge in [-0.2, -0.15) is 4.91 Å². The Hall–Kier alpha value is -0.680. The van der Waals surface area contributed by atoms with E-state index in [-0.39, 0.29) is 0 Å². The molecule has 5 atom stereocenters. The average Bonchev–Trinajstić information content (AvgIpc) is 2.39. The van der Waals surface area contributed by atoms with E-state index >= 15 is 0 Å². The molecule has 18 heavy (non-hydrogen) atoms. The highest BCUT2D eigenvalue weighted by Crippen LogP contribution is 2.25. The van der Waals surface area contributed by atoms with Crippen LogP contribution in [-0.2, 0) is 9.47 Å². The van der Waals surface area contributed by atoms with Crippen molar-refractivity contribution in [3.05, 3.63) is 4.91 Å². The number of nitroso groups, excluding NO2 is 1. The van der Waals surface area contributed by atoms with Crippen molar-refractivity contribution in [2.75, 3.05) is 19.8 Å². The average molecular weight is 267 g/mol. The van der Waals surface area contributed by atoms with Crippen molar-refractivity contribution < 1.29 is 35.0 Å². The molecule has 0 aromatic carbocycles. The highest BCUT2D eigenvalue weighted by atomic mass is 16.7. The van der Waals surface area contributed by atoms with Gasteiger partial charge >= 0.3 is 0 Å². The minimum absolute atomic E-state index is 0.523. The van der Waals surface area contributed by atoms with Crippen LogP contribution in [0, 0.1) is 4.91 Å². The lowest BCUT2D eigenvalue weighted by atomic mass is 9.98. The first-order chi connectivity index (χ1) is 8.58. The minimum Gasteiger partial charge on any atom is -0.394 e. The molecule has 0 saturated carbocycles. The summed E-state index contributed by atoms with van der Waals surface area (Å²) < 4.78 is 10.1. The second-order valence-corrected chi connectivity index (χ2v) is 3.93. The summed E-state index contributed by atoms with van der Waals surface area (Å²) >= 11 is 0. The van der Waals surface area contributed by atoms with E-state index in [1.54, 1.807) is 0 Å². The highest BCUT2D eigenvalue weighted by Gasteiger charge is 2.46. The zero-order chi connectivity index (χ0) is 13.7. The Morgan fingerprint density at radius 1 is 1.17 bits per heavy atom. The van der Waals surface area contributed by atoms with Gasteiger partial charge in [0.1, 0.15) is 24.4 Å². The van der Waals surface area contributed by atoms with E-state index in [1.165, 1.54) is 0 Å². The van der Waals surface area contributed by atoms with Crippen LogP contribution in [0.2, 0.25) is 0 Å². The number of ether oxygens (including phenoxy) is 2. The molecule has 1 aliphatic rings. The molecule has 1 fully saturated rings. The maximum Gasteiger partial charge on any atom is 0.187 e. The molecule has 0 bridgehead atoms. The minimum atomic E-state index is -1.56. The van der Waals surface area contributed by atoms with Crippen molar-refractivity contribution in [2.45, 2.75) is 36.7 Å². The molecule has 0 spiro atoms. The van der Waals surface area contributed by atoms with Crippen LogP contribution >= 0.6 is 0 Å². The maximum absolute atomic E-state index is 10.6. The Morgan fingerprint density at radius 2 is 1.78 bits per heavy atom. The van der Waals surface area contributed by atoms with Crippen LogP contribution in [0.15, 0.2) is 5.18 Å². The van der Waals surface area contributed by atoms with Crippen LogP contribution in [0.4, 0.5) is 0 Å². The Kier molecular flexibility index (Phi) is 6.02. The van der Waals surface area contributed by atoms with Crippen LogP contribution < -0.4 is 0 Å². The normalized spacial score (nSPS) is 36.9. The van der Waals surface area contributed by atoms with Gasteiger partial charge in [-0.3, -0.25) is 0 Å². The number of nitrogens with zero attached hydrogens (tertiary/aromatic N) is 1. The molecule has 1 aliphatic heterocycles. The summed E-state index contributed by atoms with van der Waals surface area (Å²) in [6.07, 6.45) is -6.54. The molecule has 5 N–H and O–H groups in total. The molecule has 1 heterocycles. The number of hydrogen-bond acceptors (Lipinski definition) is 9. The van der Waals surface area contributed by atoms with E-state index in [2.05, 4.69) is 5.18 Å². The van der Waals surface area contributed by atoms with Crippen molar-refractivity contribution in [3.63, 3.8) is 0 Å². The van der Waals surface area contributed by atoms with Gasteiger partial charge in [0.05, 0.1) is 19.8 Å². The number of rotatable bonds is 6. The third-order valence-electron chi connectivity index (χ3n) is 2.70. The summed E-state index contributed by atoms with van der Waals surface area (Å²) in [5.41, 5.74) is 0. The van der Waals surface area contributed by atoms with E-state index in [0.717, 1.165) is 0 Å². The Labute approximate surface area is 103 Å². The first-order valence-electron chi connectivity index (χ1n) is 5.41. The van der Waals surface area contributed by atoms with E-state index < -0.39 is 56.6 Å². The predicted octanol–water partition coefficient (Wildman–Crippen LogP) is -3.07. The largest absolute Gasteiger partial charge is 0.394 e. The summed E-state index contributed by atoms with van der Waals surface area (Å²) in [6, 6.07) is -1.41. The lowest BCUT2D eigenvalue weighted by Crippen LogP contribution is -2.59. The van der Waals surface area contributed by atoms with Gasteiger partial charge in [0.2, 0.25) is 0 Å². The molecule has 1 saturated heterocycles. The van der Waals surface area contributed by atoms with Crippen LogP contribution in [-0.4, -0.2) is 82.1 Å². The fourth-order valence-corrected chi connectivity index (χ4v) is 1.63. The predicted molar refractivity (Wildman–Crippen MR) is 56.4 cm³/mol. The maximum atomic E-state index is 10.6. The molecular weight excluding hydrogens is 250 g/mol. The van der Waals surface area contributed by atoms with Crippen LogP contribution in [0.25, 0.3) is 0 Å². The van der Waals surface area contributed by atoms with E-state index in [4.69, 9.17) is 24.8 Å². The van der Waals surface area contributed by atoms with E-state index in [9.17, 15) is 15.1 Å². The van der Waals surface area contributed by atoms with E-state index in [1.807, 2.05) is 0 Å². The Bertz CT molecular complexity index is 259. The van der Waals surface area contributed by atoms with Crippen LogP contribution in [0.1, 0.15) is 0 Å². The molecule has 0 aromatic heterocycles. The lowest BCUT2D eigenvalue weighted by molar-refractivity contribution is -0.282. The third-order valence-corrected chi connectivity index (χ3v) is 2.70. The molecule has 2 unspecified atom stereocenters. The van der Waals surface area contributed by atoms with Gasteiger partial charge in [0.15, 0.2) is 12.3 Å². The smallest absolute Gasteiger partial charge is 0.187 e. The summed E-state index contributed by atoms with van der Waals surface area (Å²) in [4.78, 5) is 10.6. The third kappa shape index (κ3) is 3.20. The number of hydrogen-bond donors (Lipinski definition) is 5. The molecule has 9 heteroatoms. The van der Waals surface area contributed by atoms with Crippen LogP contribution in [0.3, 0.4) is 0 Å². The standard InChI is InChI=1S/C9H17NO8/c11-1-4(2-12)17-9-6(10-16)8(15)7(14)5(3-13)18-9/h4-9,11-15H,1-3H2/t5?,6?,7-,8-,9+/m1/s1. The summed E-state index contributed by atoms with van der Waals surface area (Å²) in [7, 11) is 0. The SMILES string of the molecule is O=NC1[C@@H](OC(CO)CO)OC(CO)[C@@H](O)[C@@H]1O. The first-order valence-corrected chi connectivity index (χ1v) is 5.41. The zero-order valence-electron chi connectivity index (χ0n) is 9.49. The molecule has 1 rings (SSSR count). The van der Waals surface area contributed by atoms with Crippen molar-refractivity contribution in [1.82, 2.24) is 0 Å². The van der Waals surface area contributed by atoms with E-state index in [0.29, 0.717) is 0 Å². The Balaban J connectivity index is 2.76. The second kappa shape index (κ2) is 7.04. The Morgan fingerprint density at radius 3 is 2.22 bits per heavy atom. The van der Waals surface area contributed by atoms with Gasteiger partial charge in [-0.05, 0) is 0 Å². The van der Waals surface area contributed by atoms with Gasteiger partial charge in [-0.25, -0.2) is 0 Å². The molecule has 0 aliphatic carbocycles. The fourth-order valence-electron chi connectivity index (χ4n) is 1.63. The molecular formula is C9H17NO8. The van der Waals surface area contributed by atoms with Gasteiger partial charge in [-0.15, -0.1) is 0 Å². The zero-order valence-corrected chi connectivity index (χ0v) is 9.49. The number of aliphatic hydroxyl groups excluding tert-OH is 5. The monoisotopic (exact) mass is 267 g/mol. The quantitative estimate of drug-likeness (QED) is 0.318. The fraction of sp³-hybridized carbons (Fsp3) is 1.00. The highest BCUT2D eigenvalue weighted by molar-refractivity contribution is 4.93. The number of aliphatic hydroxyl groups is 5. The van der Waals surface area contributed by atoms with Crippen molar-refractivity contribution in [2.24, 2.45) is 5.18 Å². The summed E-state index contributed by atoms with van der Waals surface area (Å²) in [5.74, 6) is 0. The van der Waals surface area contributed by atoms with Gasteiger partial charge in [0, 0.05) is 0 Å². The summed E-state index contributed by atoms with van der Waals surface area (Å²) in [5, 5.41) is 48.4. The molecule has 106 valence electrons. The van der Waals surface area contributed by atoms with Crippen molar-refractivity contribution in [1.29, 1.82) is 0 Å². The van der Waals surface area contributed by atoms with Gasteiger partial charge in [-0.1, -0.05) is 5.18 Å². The van der Waals surface area contributed by atoms with Crippen molar-refractivity contribution >= 4 is 0 Å². The summed E-state index contributed by atoms with van der Waals surface area (Å²) in [6.45, 7) is -1.64. The lowest BCUT2D eigenvalue weighted by Gasteiger charge is -2.39. The van der Waals surface area contributed by atoms with Crippen molar-refractivity contribution in [3.8, 4) is 0 Å². The molecule has 0 amide bonds. The van der Waals surface area contributed by atoms with Crippen LogP contribution in [0.5, 0.6) is 0 Å². The molecule has 0 aromatic rings. The second-order valence-electron chi connectivity index (χ2n) is 3.93.